The summed E-state index contributed by atoms with van der Waals surface area (Å²) in [5.74, 6) is 0.201. The summed E-state index contributed by atoms with van der Waals surface area (Å²) < 4.78 is 13.7. The molecule has 2 fully saturated rings. The standard InChI is InChI=1S/C16H21BrN2O3.C16H23BrN2O2.C6H6BrN/c1-16(2,3)22-15(21)19-8-7-11(10-19)14(20)18-13-6-4-5-12(17)9-13;1-16(2,3)21-15(20)19-8-7-12(11-19)10-18-14-6-4-5-13(17)9-14;7-5-2-1-3-6(8)4-5/h4-6,9,11H,7-8,10H2,1-3H3,(H,18,20);4-6,9,12,18H,7-8,10-11H2,1-3H3;1-4H,8H2. The topological polar surface area (TPSA) is 126 Å². The molecule has 2 heterocycles. The first-order chi connectivity index (χ1) is 23.9. The fourth-order valence-corrected chi connectivity index (χ4v) is 6.35. The van der Waals surface area contributed by atoms with Gasteiger partial charge in [-0.15, -0.1) is 0 Å². The summed E-state index contributed by atoms with van der Waals surface area (Å²) in [5.41, 5.74) is 7.12. The van der Waals surface area contributed by atoms with Crippen molar-refractivity contribution in [3.05, 3.63) is 86.2 Å². The quantitative estimate of drug-likeness (QED) is 0.218. The van der Waals surface area contributed by atoms with Crippen molar-refractivity contribution in [2.75, 3.05) is 49.1 Å². The van der Waals surface area contributed by atoms with Gasteiger partial charge in [0.15, 0.2) is 0 Å². The van der Waals surface area contributed by atoms with Crippen molar-refractivity contribution in [1.29, 1.82) is 0 Å². The Morgan fingerprint density at radius 3 is 1.73 bits per heavy atom. The van der Waals surface area contributed by atoms with Gasteiger partial charge in [-0.05, 0) is 115 Å². The molecular formula is C38H50Br3N5O5. The number of benzene rings is 3. The Morgan fingerprint density at radius 1 is 0.725 bits per heavy atom. The van der Waals surface area contributed by atoms with Crippen LogP contribution in [0, 0.1) is 11.8 Å². The number of nitrogens with two attached hydrogens (primary N) is 1. The molecule has 2 aliphatic rings. The molecule has 5 rings (SSSR count). The number of hydrogen-bond donors (Lipinski definition) is 3. The van der Waals surface area contributed by atoms with Gasteiger partial charge in [0.05, 0.1) is 5.92 Å². The van der Waals surface area contributed by atoms with Crippen molar-refractivity contribution < 1.29 is 23.9 Å². The van der Waals surface area contributed by atoms with Gasteiger partial charge in [-0.25, -0.2) is 9.59 Å². The van der Waals surface area contributed by atoms with Crippen LogP contribution in [0.25, 0.3) is 0 Å². The van der Waals surface area contributed by atoms with E-state index in [0.29, 0.717) is 25.4 Å². The summed E-state index contributed by atoms with van der Waals surface area (Å²) in [6, 6.07) is 23.1. The minimum absolute atomic E-state index is 0.0656. The van der Waals surface area contributed by atoms with E-state index in [-0.39, 0.29) is 24.0 Å². The first-order valence-corrected chi connectivity index (χ1v) is 19.3. The SMILES string of the molecule is CC(C)(C)OC(=O)N1CCC(C(=O)Nc2cccc(Br)c2)C1.CC(C)(C)OC(=O)N1CCC(CNc2cccc(Br)c2)C1.Nc1cccc(Br)c1. The van der Waals surface area contributed by atoms with Gasteiger partial charge in [0, 0.05) is 63.2 Å². The molecule has 0 aliphatic carbocycles. The number of carbonyl (C=O) groups excluding carboxylic acids is 3. The molecule has 0 aromatic heterocycles. The number of carbonyl (C=O) groups is 3. The Bertz CT molecular complexity index is 1590. The highest BCUT2D eigenvalue weighted by molar-refractivity contribution is 9.11. The average Bonchev–Trinajstić information content (AvgIpc) is 3.70. The van der Waals surface area contributed by atoms with Gasteiger partial charge >= 0.3 is 12.2 Å². The van der Waals surface area contributed by atoms with Crippen molar-refractivity contribution in [1.82, 2.24) is 9.80 Å². The number of anilines is 3. The molecular weight excluding hydrogens is 846 g/mol. The number of amides is 3. The third kappa shape index (κ3) is 16.3. The van der Waals surface area contributed by atoms with Gasteiger partial charge in [0.2, 0.25) is 5.91 Å². The molecule has 278 valence electrons. The maximum atomic E-state index is 12.3. The Morgan fingerprint density at radius 2 is 1.22 bits per heavy atom. The zero-order chi connectivity index (χ0) is 37.8. The number of rotatable bonds is 5. The number of nitrogen functional groups attached to an aromatic ring is 1. The van der Waals surface area contributed by atoms with Crippen molar-refractivity contribution in [2.24, 2.45) is 11.8 Å². The maximum absolute atomic E-state index is 12.3. The highest BCUT2D eigenvalue weighted by atomic mass is 79.9. The fraction of sp³-hybridized carbons (Fsp3) is 0.447. The predicted molar refractivity (Wildman–Crippen MR) is 216 cm³/mol. The molecule has 2 aliphatic heterocycles. The highest BCUT2D eigenvalue weighted by Gasteiger charge is 2.33. The first-order valence-electron chi connectivity index (χ1n) is 16.9. The summed E-state index contributed by atoms with van der Waals surface area (Å²) >= 11 is 10.1. The second kappa shape index (κ2) is 19.5. The van der Waals surface area contributed by atoms with E-state index in [0.717, 1.165) is 56.5 Å². The Labute approximate surface area is 327 Å². The average molecular weight is 897 g/mol. The van der Waals surface area contributed by atoms with E-state index < -0.39 is 11.2 Å². The van der Waals surface area contributed by atoms with Crippen LogP contribution in [0.5, 0.6) is 0 Å². The monoisotopic (exact) mass is 893 g/mol. The number of halogens is 3. The van der Waals surface area contributed by atoms with Crippen LogP contribution in [-0.2, 0) is 14.3 Å². The van der Waals surface area contributed by atoms with E-state index >= 15 is 0 Å². The first kappa shape index (κ1) is 42.1. The predicted octanol–water partition coefficient (Wildman–Crippen LogP) is 9.79. The zero-order valence-electron chi connectivity index (χ0n) is 30.2. The molecule has 3 aromatic rings. The van der Waals surface area contributed by atoms with Crippen LogP contribution < -0.4 is 16.4 Å². The Kier molecular flexibility index (Phi) is 16.1. The van der Waals surface area contributed by atoms with E-state index in [1.165, 1.54) is 0 Å². The molecule has 2 atom stereocenters. The lowest BCUT2D eigenvalue weighted by atomic mass is 10.1. The van der Waals surface area contributed by atoms with Crippen LogP contribution in [0.1, 0.15) is 54.4 Å². The van der Waals surface area contributed by atoms with E-state index in [1.54, 1.807) is 9.80 Å². The highest BCUT2D eigenvalue weighted by Crippen LogP contribution is 2.24. The van der Waals surface area contributed by atoms with Gasteiger partial charge in [-0.2, -0.15) is 0 Å². The molecule has 2 saturated heterocycles. The number of ether oxygens (including phenoxy) is 2. The summed E-state index contributed by atoms with van der Waals surface area (Å²) in [4.78, 5) is 39.7. The van der Waals surface area contributed by atoms with Crippen LogP contribution in [0.15, 0.2) is 86.2 Å². The minimum Gasteiger partial charge on any atom is -0.444 e. The molecule has 0 saturated carbocycles. The van der Waals surface area contributed by atoms with Crippen LogP contribution in [0.2, 0.25) is 0 Å². The molecule has 0 radical (unpaired) electrons. The van der Waals surface area contributed by atoms with Gasteiger partial charge < -0.3 is 35.6 Å². The molecule has 0 bridgehead atoms. The van der Waals surface area contributed by atoms with Crippen LogP contribution in [0.4, 0.5) is 26.7 Å². The van der Waals surface area contributed by atoms with Gasteiger partial charge in [-0.1, -0.05) is 66.0 Å². The fourth-order valence-electron chi connectivity index (χ4n) is 5.14. The van der Waals surface area contributed by atoms with Crippen molar-refractivity contribution in [2.45, 2.75) is 65.6 Å². The minimum atomic E-state index is -0.520. The molecule has 13 heteroatoms. The molecule has 0 spiro atoms. The van der Waals surface area contributed by atoms with Crippen LogP contribution in [0.3, 0.4) is 0 Å². The summed E-state index contributed by atoms with van der Waals surface area (Å²) in [6.45, 7) is 14.5. The largest absolute Gasteiger partial charge is 0.444 e. The maximum Gasteiger partial charge on any atom is 0.410 e. The lowest BCUT2D eigenvalue weighted by Crippen LogP contribution is -2.36. The second-order valence-electron chi connectivity index (χ2n) is 14.4. The lowest BCUT2D eigenvalue weighted by Gasteiger charge is -2.24. The van der Waals surface area contributed by atoms with Gasteiger partial charge in [-0.3, -0.25) is 4.79 Å². The second-order valence-corrected chi connectivity index (χ2v) is 17.2. The number of nitrogens with one attached hydrogen (secondary N) is 2. The summed E-state index contributed by atoms with van der Waals surface area (Å²) in [7, 11) is 0. The third-order valence-electron chi connectivity index (χ3n) is 7.51. The molecule has 10 nitrogen and oxygen atoms in total. The van der Waals surface area contributed by atoms with Crippen molar-refractivity contribution >= 4 is 82.9 Å². The van der Waals surface area contributed by atoms with Gasteiger partial charge in [0.25, 0.3) is 0 Å². The third-order valence-corrected chi connectivity index (χ3v) is 8.99. The normalized spacial score (nSPS) is 17.0. The van der Waals surface area contributed by atoms with Crippen LogP contribution >= 0.6 is 47.8 Å². The number of hydrogen-bond acceptors (Lipinski definition) is 7. The van der Waals surface area contributed by atoms with Crippen molar-refractivity contribution in [3.63, 3.8) is 0 Å². The number of nitrogens with zero attached hydrogens (tertiary/aromatic N) is 2. The lowest BCUT2D eigenvalue weighted by molar-refractivity contribution is -0.119. The molecule has 51 heavy (non-hydrogen) atoms. The zero-order valence-corrected chi connectivity index (χ0v) is 34.9. The number of likely N-dealkylation sites (tertiary alicyclic amines) is 2. The van der Waals surface area contributed by atoms with Crippen LogP contribution in [-0.4, -0.2) is 71.8 Å². The molecule has 3 amide bonds. The molecule has 4 N–H and O–H groups in total. The summed E-state index contributed by atoms with van der Waals surface area (Å²) in [6.07, 6.45) is 1.11. The Balaban J connectivity index is 0.000000227. The van der Waals surface area contributed by atoms with E-state index in [9.17, 15) is 14.4 Å². The smallest absolute Gasteiger partial charge is 0.410 e. The molecule has 2 unspecified atom stereocenters. The van der Waals surface area contributed by atoms with Crippen molar-refractivity contribution in [3.8, 4) is 0 Å². The summed E-state index contributed by atoms with van der Waals surface area (Å²) in [5, 5.41) is 6.31. The van der Waals surface area contributed by atoms with E-state index in [2.05, 4.69) is 64.5 Å². The molecule has 3 aromatic carbocycles. The van der Waals surface area contributed by atoms with E-state index in [1.807, 2.05) is 108 Å². The Hall–Kier alpha value is -3.29. The van der Waals surface area contributed by atoms with E-state index in [4.69, 9.17) is 15.2 Å². The van der Waals surface area contributed by atoms with Gasteiger partial charge in [0.1, 0.15) is 11.2 Å².